The average Bonchev–Trinajstić information content (AvgIpc) is 2.10. The Labute approximate surface area is 84.5 Å². The first-order valence-electron chi connectivity index (χ1n) is 2.80. The number of hydrogen-bond donors (Lipinski definition) is 0. The SMILES string of the molecule is C=O.C=O.CCC(=O)C(C)=O.[Rh]. The number of rotatable bonds is 2. The van der Waals surface area contributed by atoms with E-state index in [0.29, 0.717) is 6.42 Å². The van der Waals surface area contributed by atoms with E-state index in [1.54, 1.807) is 6.92 Å². The van der Waals surface area contributed by atoms with E-state index in [-0.39, 0.29) is 31.0 Å². The number of ketones is 2. The van der Waals surface area contributed by atoms with Gasteiger partial charge < -0.3 is 9.59 Å². The van der Waals surface area contributed by atoms with Gasteiger partial charge in [0.05, 0.1) is 0 Å². The molecule has 0 aliphatic carbocycles. The van der Waals surface area contributed by atoms with E-state index in [0.717, 1.165) is 0 Å². The minimum absolute atomic E-state index is 0. The molecule has 73 valence electrons. The van der Waals surface area contributed by atoms with Crippen molar-refractivity contribution in [3.8, 4) is 0 Å². The Hall–Kier alpha value is -0.697. The summed E-state index contributed by atoms with van der Waals surface area (Å²) in [5, 5.41) is 0. The van der Waals surface area contributed by atoms with Crippen LogP contribution in [0, 0.1) is 0 Å². The summed E-state index contributed by atoms with van der Waals surface area (Å²) in [7, 11) is 0. The third-order valence-electron chi connectivity index (χ3n) is 0.714. The predicted octanol–water partition coefficient (Wildman–Crippen LogP) is 0.182. The summed E-state index contributed by atoms with van der Waals surface area (Å²) < 4.78 is 0. The van der Waals surface area contributed by atoms with Crippen molar-refractivity contribution >= 4 is 25.1 Å². The van der Waals surface area contributed by atoms with Crippen molar-refractivity contribution in [1.82, 2.24) is 0 Å². The molecular weight excluding hydrogens is 251 g/mol. The second-order valence-corrected chi connectivity index (χ2v) is 1.33. The van der Waals surface area contributed by atoms with Crippen LogP contribution in [0.5, 0.6) is 0 Å². The Morgan fingerprint density at radius 3 is 1.33 bits per heavy atom. The zero-order chi connectivity index (χ0) is 9.86. The molecule has 4 nitrogen and oxygen atoms in total. The summed E-state index contributed by atoms with van der Waals surface area (Å²) in [6.45, 7) is 6.95. The van der Waals surface area contributed by atoms with Crippen LogP contribution < -0.4 is 0 Å². The number of Topliss-reactive ketones (excluding diaryl/α,β-unsaturated/α-hetero) is 2. The minimum atomic E-state index is -0.345. The van der Waals surface area contributed by atoms with Crippen LogP contribution in [0.2, 0.25) is 0 Å². The van der Waals surface area contributed by atoms with Gasteiger partial charge in [-0.05, 0) is 0 Å². The predicted molar refractivity (Wildman–Crippen MR) is 40.2 cm³/mol. The standard InChI is InChI=1S/C5H8O2.2CH2O.Rh/c1-3-5(7)4(2)6;2*1-2;/h3H2,1-2H3;2*1H2;. The minimum Gasteiger partial charge on any atom is -0.307 e. The maximum absolute atomic E-state index is 10.2. The molecule has 0 aliphatic heterocycles. The second-order valence-electron chi connectivity index (χ2n) is 1.33. The topological polar surface area (TPSA) is 68.3 Å². The fourth-order valence-electron chi connectivity index (χ4n) is 0.249. The molecule has 0 atom stereocenters. The summed E-state index contributed by atoms with van der Waals surface area (Å²) >= 11 is 0. The van der Waals surface area contributed by atoms with Crippen LogP contribution in [0.1, 0.15) is 20.3 Å². The molecule has 0 saturated heterocycles. The van der Waals surface area contributed by atoms with Gasteiger partial charge in [-0.15, -0.1) is 0 Å². The third kappa shape index (κ3) is 22.8. The summed E-state index contributed by atoms with van der Waals surface area (Å²) in [4.78, 5) is 36.2. The first-order valence-corrected chi connectivity index (χ1v) is 2.80. The van der Waals surface area contributed by atoms with Crippen LogP contribution in [-0.4, -0.2) is 25.1 Å². The molecule has 0 aromatic heterocycles. The molecule has 0 bridgehead atoms. The van der Waals surface area contributed by atoms with E-state index in [1.165, 1.54) is 6.92 Å². The summed E-state index contributed by atoms with van der Waals surface area (Å²) in [5.74, 6) is -0.637. The molecule has 0 amide bonds. The van der Waals surface area contributed by atoms with Crippen molar-refractivity contribution < 1.29 is 38.7 Å². The van der Waals surface area contributed by atoms with Crippen molar-refractivity contribution in [2.75, 3.05) is 0 Å². The van der Waals surface area contributed by atoms with Gasteiger partial charge in [0.25, 0.3) is 0 Å². The average molecular weight is 263 g/mol. The zero-order valence-corrected chi connectivity index (χ0v) is 8.73. The van der Waals surface area contributed by atoms with Gasteiger partial charge in [0, 0.05) is 32.8 Å². The largest absolute Gasteiger partial charge is 0.307 e. The molecule has 0 heterocycles. The molecule has 1 radical (unpaired) electrons. The zero-order valence-electron chi connectivity index (χ0n) is 7.09. The summed E-state index contributed by atoms with van der Waals surface area (Å²) in [6, 6.07) is 0. The van der Waals surface area contributed by atoms with Gasteiger partial charge in [-0.3, -0.25) is 9.59 Å². The van der Waals surface area contributed by atoms with Crippen LogP contribution >= 0.6 is 0 Å². The molecule has 0 aromatic rings. The molecule has 0 aromatic carbocycles. The Morgan fingerprint density at radius 2 is 1.33 bits per heavy atom. The molecular formula is C7H12O4Rh. The monoisotopic (exact) mass is 263 g/mol. The van der Waals surface area contributed by atoms with Gasteiger partial charge >= 0.3 is 0 Å². The van der Waals surface area contributed by atoms with Crippen LogP contribution in [0.15, 0.2) is 0 Å². The fourth-order valence-corrected chi connectivity index (χ4v) is 0.249. The second kappa shape index (κ2) is 22.4. The summed E-state index contributed by atoms with van der Waals surface area (Å²) in [6.07, 6.45) is 0.329. The molecule has 0 saturated carbocycles. The van der Waals surface area contributed by atoms with Gasteiger partial charge in [0.15, 0.2) is 11.6 Å². The van der Waals surface area contributed by atoms with Gasteiger partial charge in [0.2, 0.25) is 0 Å². The first kappa shape index (κ1) is 22.5. The van der Waals surface area contributed by atoms with Crippen LogP contribution in [0.3, 0.4) is 0 Å². The molecule has 5 heteroatoms. The van der Waals surface area contributed by atoms with Crippen molar-refractivity contribution in [2.24, 2.45) is 0 Å². The molecule has 0 N–H and O–H groups in total. The molecule has 0 unspecified atom stereocenters. The normalized spacial score (nSPS) is 5.50. The van der Waals surface area contributed by atoms with Crippen LogP contribution in [-0.2, 0) is 38.7 Å². The Bertz CT molecular complexity index is 123. The number of hydrogen-bond acceptors (Lipinski definition) is 4. The maximum atomic E-state index is 10.2. The molecule has 0 rings (SSSR count). The van der Waals surface area contributed by atoms with Gasteiger partial charge in [-0.2, -0.15) is 0 Å². The molecule has 0 spiro atoms. The maximum Gasteiger partial charge on any atom is 0.197 e. The van der Waals surface area contributed by atoms with Gasteiger partial charge in [-0.1, -0.05) is 6.92 Å². The van der Waals surface area contributed by atoms with E-state index in [4.69, 9.17) is 9.59 Å². The molecule has 0 aliphatic rings. The van der Waals surface area contributed by atoms with E-state index >= 15 is 0 Å². The fraction of sp³-hybridized carbons (Fsp3) is 0.429. The summed E-state index contributed by atoms with van der Waals surface area (Å²) in [5.41, 5.74) is 0. The van der Waals surface area contributed by atoms with Crippen LogP contribution in [0.25, 0.3) is 0 Å². The first-order chi connectivity index (χ1) is 5.18. The number of carbonyl (C=O) groups excluding carboxylic acids is 4. The van der Waals surface area contributed by atoms with Crippen LogP contribution in [0.4, 0.5) is 0 Å². The van der Waals surface area contributed by atoms with E-state index in [2.05, 4.69) is 0 Å². The molecule has 0 fully saturated rings. The quantitative estimate of drug-likeness (QED) is 0.526. The van der Waals surface area contributed by atoms with Gasteiger partial charge in [0.1, 0.15) is 13.6 Å². The Kier molecular flexibility index (Phi) is 42.1. The van der Waals surface area contributed by atoms with E-state index < -0.39 is 0 Å². The van der Waals surface area contributed by atoms with E-state index in [1.807, 2.05) is 13.6 Å². The van der Waals surface area contributed by atoms with Crippen molar-refractivity contribution in [1.29, 1.82) is 0 Å². The smallest absolute Gasteiger partial charge is 0.197 e. The Balaban J connectivity index is -0.0000000560. The van der Waals surface area contributed by atoms with E-state index in [9.17, 15) is 9.59 Å². The van der Waals surface area contributed by atoms with Crippen molar-refractivity contribution in [2.45, 2.75) is 20.3 Å². The Morgan fingerprint density at radius 1 is 1.08 bits per heavy atom. The van der Waals surface area contributed by atoms with Crippen molar-refractivity contribution in [3.63, 3.8) is 0 Å². The molecule has 12 heavy (non-hydrogen) atoms. The van der Waals surface area contributed by atoms with Crippen molar-refractivity contribution in [3.05, 3.63) is 0 Å². The van der Waals surface area contributed by atoms with Gasteiger partial charge in [-0.25, -0.2) is 0 Å². The third-order valence-corrected chi connectivity index (χ3v) is 0.714. The number of carbonyl (C=O) groups is 4.